The molecular weight excluding hydrogens is 256 g/mol. The number of hydrogen-bond donors (Lipinski definition) is 0. The van der Waals surface area contributed by atoms with E-state index < -0.39 is 8.31 Å². The van der Waals surface area contributed by atoms with E-state index in [1.807, 2.05) is 0 Å². The van der Waals surface area contributed by atoms with Crippen LogP contribution in [0.25, 0.3) is 0 Å². The van der Waals surface area contributed by atoms with Crippen LogP contribution in [0.2, 0.25) is 11.1 Å². The van der Waals surface area contributed by atoms with Gasteiger partial charge in [-0.25, -0.2) is 0 Å². The first-order chi connectivity index (χ1) is 7.67. The molecular formula is C13H32OSi3. The standard InChI is InChI=1S/C13H32OSi3/c1-8-11(2,3)12(4,5)13(6,7)17-10-9-14-15-16-17/h17H,8-10,15-16H2,1-7H3. The minimum Gasteiger partial charge on any atom is -0.428 e. The van der Waals surface area contributed by atoms with Gasteiger partial charge in [-0.15, -0.1) is 0 Å². The lowest BCUT2D eigenvalue weighted by Gasteiger charge is -2.55. The van der Waals surface area contributed by atoms with Crippen molar-refractivity contribution >= 4 is 26.1 Å². The molecule has 4 heteroatoms. The molecule has 102 valence electrons. The molecule has 1 saturated heterocycles. The number of hydrogen-bond acceptors (Lipinski definition) is 1. The molecule has 1 fully saturated rings. The second-order valence-electron chi connectivity index (χ2n) is 7.47. The largest absolute Gasteiger partial charge is 0.428 e. The van der Waals surface area contributed by atoms with Crippen LogP contribution in [-0.4, -0.2) is 32.8 Å². The highest BCUT2D eigenvalue weighted by molar-refractivity contribution is 7.35. The van der Waals surface area contributed by atoms with Crippen molar-refractivity contribution in [1.82, 2.24) is 0 Å². The molecule has 0 N–H and O–H groups in total. The van der Waals surface area contributed by atoms with E-state index in [1.165, 1.54) is 12.5 Å². The van der Waals surface area contributed by atoms with Crippen LogP contribution in [0, 0.1) is 10.8 Å². The van der Waals surface area contributed by atoms with Gasteiger partial charge in [-0.3, -0.25) is 0 Å². The van der Waals surface area contributed by atoms with Gasteiger partial charge in [-0.2, -0.15) is 0 Å². The van der Waals surface area contributed by atoms with Gasteiger partial charge >= 0.3 is 0 Å². The Balaban J connectivity index is 2.94. The zero-order valence-corrected chi connectivity index (χ0v) is 17.0. The average Bonchev–Trinajstić information content (AvgIpc) is 2.29. The third kappa shape index (κ3) is 2.80. The predicted octanol–water partition coefficient (Wildman–Crippen LogP) is 2.15. The van der Waals surface area contributed by atoms with Crippen LogP contribution in [0.5, 0.6) is 0 Å². The molecule has 0 aromatic heterocycles. The first-order valence-corrected chi connectivity index (χ1v) is 16.5. The Morgan fingerprint density at radius 1 is 1.12 bits per heavy atom. The SMILES string of the molecule is CCC(C)(C)C(C)(C)C(C)(C)[SiH]1CCO[SiH2][SiH2]1. The maximum absolute atomic E-state index is 5.75. The molecule has 0 radical (unpaired) electrons. The highest BCUT2D eigenvalue weighted by Gasteiger charge is 2.50. The van der Waals surface area contributed by atoms with Crippen molar-refractivity contribution in [1.29, 1.82) is 0 Å². The zero-order valence-electron chi connectivity index (χ0n) is 13.0. The van der Waals surface area contributed by atoms with Gasteiger partial charge in [-0.1, -0.05) is 54.9 Å². The molecule has 1 heterocycles. The minimum absolute atomic E-state index is 0.0262. The van der Waals surface area contributed by atoms with Crippen molar-refractivity contribution < 1.29 is 4.43 Å². The summed E-state index contributed by atoms with van der Waals surface area (Å²) in [5, 5.41) is 0.607. The zero-order chi connectivity index (χ0) is 13.3. The van der Waals surface area contributed by atoms with E-state index in [1.54, 1.807) is 0 Å². The van der Waals surface area contributed by atoms with E-state index in [2.05, 4.69) is 48.5 Å². The minimum atomic E-state index is -0.498. The summed E-state index contributed by atoms with van der Waals surface area (Å²) in [7, 11) is -0.296. The highest BCUT2D eigenvalue weighted by Crippen LogP contribution is 2.58. The second-order valence-corrected chi connectivity index (χ2v) is 23.4. The fourth-order valence-electron chi connectivity index (χ4n) is 3.24. The smallest absolute Gasteiger partial charge is 0.140 e. The predicted molar refractivity (Wildman–Crippen MR) is 86.9 cm³/mol. The van der Waals surface area contributed by atoms with Crippen LogP contribution in [0.3, 0.4) is 0 Å². The molecule has 0 aliphatic carbocycles. The monoisotopic (exact) mass is 288 g/mol. The molecule has 0 aromatic carbocycles. The molecule has 1 aliphatic rings. The van der Waals surface area contributed by atoms with E-state index in [0.29, 0.717) is 15.9 Å². The molecule has 0 aromatic rings. The topological polar surface area (TPSA) is 9.23 Å². The van der Waals surface area contributed by atoms with E-state index >= 15 is 0 Å². The summed E-state index contributed by atoms with van der Waals surface area (Å²) < 4.78 is 5.75. The summed E-state index contributed by atoms with van der Waals surface area (Å²) in [6.45, 7) is 18.7. The van der Waals surface area contributed by atoms with Crippen molar-refractivity contribution in [3.05, 3.63) is 0 Å². The molecule has 1 unspecified atom stereocenters. The first kappa shape index (κ1) is 15.7. The normalized spacial score (nSPS) is 26.6. The first-order valence-electron chi connectivity index (χ1n) is 7.24. The Morgan fingerprint density at radius 3 is 2.12 bits per heavy atom. The quantitative estimate of drug-likeness (QED) is 0.720. The lowest BCUT2D eigenvalue weighted by molar-refractivity contribution is 0.0595. The lowest BCUT2D eigenvalue weighted by atomic mass is 9.60. The molecule has 0 amide bonds. The maximum atomic E-state index is 5.75. The number of rotatable bonds is 4. The van der Waals surface area contributed by atoms with Gasteiger partial charge in [-0.05, 0) is 21.9 Å². The summed E-state index contributed by atoms with van der Waals surface area (Å²) in [5.41, 5.74) is 0.919. The Hall–Kier alpha value is 0.611. The van der Waals surface area contributed by atoms with E-state index in [0.717, 1.165) is 6.61 Å². The molecule has 1 rings (SSSR count). The lowest BCUT2D eigenvalue weighted by Crippen LogP contribution is -2.53. The van der Waals surface area contributed by atoms with Crippen molar-refractivity contribution in [2.45, 2.75) is 66.0 Å². The van der Waals surface area contributed by atoms with Crippen LogP contribution in [0.4, 0.5) is 0 Å². The van der Waals surface area contributed by atoms with Crippen molar-refractivity contribution in [2.24, 2.45) is 10.8 Å². The third-order valence-electron chi connectivity index (χ3n) is 6.43. The molecule has 0 saturated carbocycles. The fraction of sp³-hybridized carbons (Fsp3) is 1.00. The van der Waals surface area contributed by atoms with E-state index in [4.69, 9.17) is 4.43 Å². The van der Waals surface area contributed by atoms with Crippen LogP contribution in [0.1, 0.15) is 54.9 Å². The Bertz CT molecular complexity index is 255. The van der Waals surface area contributed by atoms with E-state index in [-0.39, 0.29) is 17.8 Å². The summed E-state index contributed by atoms with van der Waals surface area (Å²) in [4.78, 5) is 0. The van der Waals surface area contributed by atoms with Gasteiger partial charge in [0, 0.05) is 23.5 Å². The molecule has 0 bridgehead atoms. The Morgan fingerprint density at radius 2 is 1.71 bits per heavy atom. The van der Waals surface area contributed by atoms with Crippen LogP contribution < -0.4 is 0 Å². The molecule has 0 spiro atoms. The van der Waals surface area contributed by atoms with Crippen molar-refractivity contribution in [2.75, 3.05) is 6.61 Å². The van der Waals surface area contributed by atoms with Crippen molar-refractivity contribution in [3.8, 4) is 0 Å². The summed E-state index contributed by atoms with van der Waals surface area (Å²) in [5.74, 6) is 0. The Kier molecular flexibility index (Phi) is 4.89. The third-order valence-corrected chi connectivity index (χ3v) is 28.0. The Labute approximate surface area is 114 Å². The second kappa shape index (κ2) is 5.31. The van der Waals surface area contributed by atoms with Crippen LogP contribution in [-0.2, 0) is 4.43 Å². The molecule has 1 atom stereocenters. The summed E-state index contributed by atoms with van der Waals surface area (Å²) in [6, 6.07) is 1.47. The molecule has 1 nitrogen and oxygen atoms in total. The fourth-order valence-corrected chi connectivity index (χ4v) is 28.2. The van der Waals surface area contributed by atoms with Gasteiger partial charge in [0.1, 0.15) is 9.28 Å². The molecule has 1 aliphatic heterocycles. The maximum Gasteiger partial charge on any atom is 0.140 e. The van der Waals surface area contributed by atoms with E-state index in [9.17, 15) is 0 Å². The van der Waals surface area contributed by atoms with Crippen LogP contribution >= 0.6 is 0 Å². The highest BCUT2D eigenvalue weighted by atomic mass is 29.5. The van der Waals surface area contributed by atoms with Crippen molar-refractivity contribution in [3.63, 3.8) is 0 Å². The van der Waals surface area contributed by atoms with Gasteiger partial charge < -0.3 is 4.43 Å². The van der Waals surface area contributed by atoms with Gasteiger partial charge in [0.25, 0.3) is 0 Å². The summed E-state index contributed by atoms with van der Waals surface area (Å²) in [6.07, 6.45) is 1.29. The summed E-state index contributed by atoms with van der Waals surface area (Å²) >= 11 is 0. The van der Waals surface area contributed by atoms with Gasteiger partial charge in [0.05, 0.1) is 0 Å². The average molecular weight is 289 g/mol. The van der Waals surface area contributed by atoms with Gasteiger partial charge in [0.15, 0.2) is 0 Å². The van der Waals surface area contributed by atoms with Crippen LogP contribution in [0.15, 0.2) is 0 Å². The van der Waals surface area contributed by atoms with Gasteiger partial charge in [0.2, 0.25) is 0 Å². The molecule has 17 heavy (non-hydrogen) atoms.